The highest BCUT2D eigenvalue weighted by atomic mass is 32.1. The molecule has 6 heteroatoms. The molecule has 0 aliphatic heterocycles. The number of fused-ring (bicyclic) bond motifs is 10. The number of hydrogen-bond acceptors (Lipinski definition) is 4. The van der Waals surface area contributed by atoms with E-state index >= 15 is 0 Å². The van der Waals surface area contributed by atoms with Crippen LogP contribution >= 0.6 is 11.3 Å². The molecule has 5 nitrogen and oxygen atoms in total. The molecule has 0 fully saturated rings. The Hall–Kier alpha value is -8.71. The Bertz CT molecular complexity index is 4280. The van der Waals surface area contributed by atoms with E-state index in [1.165, 1.54) is 52.7 Å². The van der Waals surface area contributed by atoms with Gasteiger partial charge in [-0.3, -0.25) is 0 Å². The van der Waals surface area contributed by atoms with Crippen molar-refractivity contribution >= 4 is 85.9 Å². The molecule has 0 radical (unpaired) electrons. The van der Waals surface area contributed by atoms with Crippen molar-refractivity contribution in [2.24, 2.45) is 0 Å². The van der Waals surface area contributed by atoms with Gasteiger partial charge in [-0.1, -0.05) is 146 Å². The number of rotatable bonds is 6. The van der Waals surface area contributed by atoms with Gasteiger partial charge in [0, 0.05) is 75.2 Å². The van der Waals surface area contributed by atoms with Crippen molar-refractivity contribution in [2.45, 2.75) is 0 Å². The maximum atomic E-state index is 5.38. The average molecular weight is 872 g/mol. The third kappa shape index (κ3) is 5.97. The molecule has 0 amide bonds. The van der Waals surface area contributed by atoms with Crippen LogP contribution in [-0.4, -0.2) is 24.1 Å². The fraction of sp³-hybridized carbons (Fsp3) is 0. The fourth-order valence-corrected chi connectivity index (χ4v) is 11.5. The Morgan fingerprint density at radius 1 is 0.313 bits per heavy atom. The van der Waals surface area contributed by atoms with E-state index in [1.54, 1.807) is 0 Å². The molecule has 312 valence electrons. The zero-order valence-corrected chi connectivity index (χ0v) is 36.8. The summed E-state index contributed by atoms with van der Waals surface area (Å²) in [5.74, 6) is 1.85. The topological polar surface area (TPSA) is 48.5 Å². The molecule has 67 heavy (non-hydrogen) atoms. The summed E-state index contributed by atoms with van der Waals surface area (Å²) in [4.78, 5) is 15.9. The van der Waals surface area contributed by atoms with Gasteiger partial charge in [0.2, 0.25) is 0 Å². The molecule has 14 aromatic rings. The Balaban J connectivity index is 1.03. The molecule has 0 N–H and O–H groups in total. The van der Waals surface area contributed by atoms with Gasteiger partial charge in [-0.15, -0.1) is 11.3 Å². The van der Waals surface area contributed by atoms with Crippen LogP contribution in [-0.2, 0) is 0 Å². The first-order valence-corrected chi connectivity index (χ1v) is 23.4. The van der Waals surface area contributed by atoms with Crippen LogP contribution in [0.4, 0.5) is 0 Å². The van der Waals surface area contributed by atoms with E-state index in [0.717, 1.165) is 61.1 Å². The summed E-state index contributed by atoms with van der Waals surface area (Å²) in [7, 11) is 0. The average Bonchev–Trinajstić information content (AvgIpc) is 4.05. The summed E-state index contributed by atoms with van der Waals surface area (Å²) in [5, 5.41) is 9.71. The number of aromatic nitrogens is 5. The summed E-state index contributed by atoms with van der Waals surface area (Å²) >= 11 is 1.85. The molecular weight excluding hydrogens is 835 g/mol. The van der Waals surface area contributed by atoms with Crippen LogP contribution in [0.25, 0.3) is 131 Å². The first kappa shape index (κ1) is 37.6. The quantitative estimate of drug-likeness (QED) is 0.167. The molecule has 0 aliphatic rings. The predicted molar refractivity (Wildman–Crippen MR) is 281 cm³/mol. The summed E-state index contributed by atoms with van der Waals surface area (Å²) in [6.07, 6.45) is 0. The standard InChI is InChI=1S/C61H37N5S/c1-3-16-38(17-4-1)59-62-60(41-30-32-54-49(35-41)44-22-9-12-27-52(44)65(54)43-20-5-2-6-21-43)64-61(63-59)42-31-33-55(51(36-42)48-26-15-25-47-46-24-11-14-29-57(46)67-58(47)48)66-53-28-13-10-23-45(53)50-34-39-18-7-8-19-40(39)37-56(50)66/h1-37H. The van der Waals surface area contributed by atoms with Crippen molar-refractivity contribution < 1.29 is 0 Å². The summed E-state index contributed by atoms with van der Waals surface area (Å²) in [6.45, 7) is 0. The lowest BCUT2D eigenvalue weighted by Crippen LogP contribution is -2.02. The van der Waals surface area contributed by atoms with Gasteiger partial charge in [0.05, 0.1) is 27.8 Å². The van der Waals surface area contributed by atoms with E-state index in [1.807, 2.05) is 29.5 Å². The lowest BCUT2D eigenvalue weighted by atomic mass is 9.98. The van der Waals surface area contributed by atoms with Crippen molar-refractivity contribution in [2.75, 3.05) is 0 Å². The molecule has 0 bridgehead atoms. The normalized spacial score (nSPS) is 11.9. The van der Waals surface area contributed by atoms with Crippen LogP contribution in [0, 0.1) is 0 Å². The number of thiophene rings is 1. The smallest absolute Gasteiger partial charge is 0.164 e. The monoisotopic (exact) mass is 871 g/mol. The van der Waals surface area contributed by atoms with Crippen molar-refractivity contribution in [3.05, 3.63) is 224 Å². The first-order chi connectivity index (χ1) is 33.2. The van der Waals surface area contributed by atoms with Crippen molar-refractivity contribution in [3.63, 3.8) is 0 Å². The molecular formula is C61H37N5S. The largest absolute Gasteiger partial charge is 0.309 e. The molecule has 0 spiro atoms. The first-order valence-electron chi connectivity index (χ1n) is 22.6. The Morgan fingerprint density at radius 2 is 0.866 bits per heavy atom. The third-order valence-electron chi connectivity index (χ3n) is 13.3. The molecule has 0 saturated carbocycles. The van der Waals surface area contributed by atoms with E-state index in [4.69, 9.17) is 15.0 Å². The van der Waals surface area contributed by atoms with Gasteiger partial charge in [-0.05, 0) is 89.6 Å². The highest BCUT2D eigenvalue weighted by Crippen LogP contribution is 2.45. The van der Waals surface area contributed by atoms with E-state index in [0.29, 0.717) is 17.5 Å². The van der Waals surface area contributed by atoms with Crippen LogP contribution in [0.2, 0.25) is 0 Å². The lowest BCUT2D eigenvalue weighted by Gasteiger charge is -2.17. The highest BCUT2D eigenvalue weighted by molar-refractivity contribution is 7.26. The third-order valence-corrected chi connectivity index (χ3v) is 14.6. The Labute approximate surface area is 389 Å². The number of nitrogens with zero attached hydrogens (tertiary/aromatic N) is 5. The molecule has 10 aromatic carbocycles. The van der Waals surface area contributed by atoms with Crippen LogP contribution < -0.4 is 0 Å². The summed E-state index contributed by atoms with van der Waals surface area (Å²) in [5.41, 5.74) is 11.8. The minimum Gasteiger partial charge on any atom is -0.309 e. The van der Waals surface area contributed by atoms with Crippen LogP contribution in [0.5, 0.6) is 0 Å². The molecule has 0 unspecified atom stereocenters. The van der Waals surface area contributed by atoms with E-state index in [9.17, 15) is 0 Å². The predicted octanol–water partition coefficient (Wildman–Crippen LogP) is 16.3. The zero-order valence-electron chi connectivity index (χ0n) is 36.0. The minimum absolute atomic E-state index is 0.611. The molecule has 14 rings (SSSR count). The minimum atomic E-state index is 0.611. The zero-order chi connectivity index (χ0) is 44.0. The second kappa shape index (κ2) is 14.9. The van der Waals surface area contributed by atoms with Crippen LogP contribution in [0.1, 0.15) is 0 Å². The van der Waals surface area contributed by atoms with Crippen LogP contribution in [0.15, 0.2) is 224 Å². The van der Waals surface area contributed by atoms with Gasteiger partial charge in [-0.2, -0.15) is 0 Å². The van der Waals surface area contributed by atoms with Gasteiger partial charge in [0.25, 0.3) is 0 Å². The summed E-state index contributed by atoms with van der Waals surface area (Å²) < 4.78 is 7.31. The number of hydrogen-bond donors (Lipinski definition) is 0. The molecule has 0 saturated heterocycles. The maximum absolute atomic E-state index is 5.38. The second-order valence-corrected chi connectivity index (χ2v) is 18.2. The van der Waals surface area contributed by atoms with E-state index in [2.05, 4.69) is 215 Å². The van der Waals surface area contributed by atoms with Gasteiger partial charge in [0.15, 0.2) is 17.5 Å². The Morgan fingerprint density at radius 3 is 1.63 bits per heavy atom. The summed E-state index contributed by atoms with van der Waals surface area (Å²) in [6, 6.07) is 80.4. The van der Waals surface area contributed by atoms with E-state index in [-0.39, 0.29) is 0 Å². The van der Waals surface area contributed by atoms with Crippen molar-refractivity contribution in [1.29, 1.82) is 0 Å². The van der Waals surface area contributed by atoms with Crippen LogP contribution in [0.3, 0.4) is 0 Å². The van der Waals surface area contributed by atoms with E-state index < -0.39 is 0 Å². The highest BCUT2D eigenvalue weighted by Gasteiger charge is 2.22. The lowest BCUT2D eigenvalue weighted by molar-refractivity contribution is 1.07. The van der Waals surface area contributed by atoms with Gasteiger partial charge in [0.1, 0.15) is 0 Å². The maximum Gasteiger partial charge on any atom is 0.164 e. The molecule has 0 aliphatic carbocycles. The van der Waals surface area contributed by atoms with Gasteiger partial charge >= 0.3 is 0 Å². The van der Waals surface area contributed by atoms with Crippen molar-refractivity contribution in [1.82, 2.24) is 24.1 Å². The second-order valence-electron chi connectivity index (χ2n) is 17.2. The van der Waals surface area contributed by atoms with Gasteiger partial charge in [-0.25, -0.2) is 15.0 Å². The fourth-order valence-electron chi connectivity index (χ4n) is 10.3. The van der Waals surface area contributed by atoms with Gasteiger partial charge < -0.3 is 9.13 Å². The number of para-hydroxylation sites is 3. The van der Waals surface area contributed by atoms with Crippen molar-refractivity contribution in [3.8, 4) is 56.7 Å². The SMILES string of the molecule is c1ccc(-c2nc(-c3ccc(-n4c5ccccc5c5cc6ccccc6cc54)c(-c4cccc5c4sc4ccccc45)c3)nc(-c3ccc4c(c3)c3ccccc3n4-c3ccccc3)n2)cc1. The number of benzene rings is 10. The molecule has 4 aromatic heterocycles. The molecule has 4 heterocycles. The Kier molecular flexibility index (Phi) is 8.38. The molecule has 0 atom stereocenters.